The Morgan fingerprint density at radius 3 is 2.57 bits per heavy atom. The zero-order chi connectivity index (χ0) is 20.9. The molecule has 0 aliphatic carbocycles. The van der Waals surface area contributed by atoms with Crippen LogP contribution < -0.4 is 9.46 Å². The van der Waals surface area contributed by atoms with Crippen molar-refractivity contribution in [3.63, 3.8) is 0 Å². The Hall–Kier alpha value is -1.92. The molecule has 0 saturated carbocycles. The van der Waals surface area contributed by atoms with Gasteiger partial charge >= 0.3 is 6.18 Å². The number of anilines is 1. The fourth-order valence-corrected chi connectivity index (χ4v) is 3.46. The van der Waals surface area contributed by atoms with Crippen LogP contribution in [-0.4, -0.2) is 50.5 Å². The molecule has 0 bridgehead atoms. The van der Waals surface area contributed by atoms with E-state index in [-0.39, 0.29) is 18.2 Å². The predicted molar refractivity (Wildman–Crippen MR) is 101 cm³/mol. The Balaban J connectivity index is 2.25. The van der Waals surface area contributed by atoms with Gasteiger partial charge in [0.05, 0.1) is 12.2 Å². The van der Waals surface area contributed by atoms with Crippen molar-refractivity contribution in [2.24, 2.45) is 0 Å². The van der Waals surface area contributed by atoms with Crippen molar-refractivity contribution in [2.45, 2.75) is 17.5 Å². The molecule has 0 aliphatic rings. The Bertz CT molecular complexity index is 924. The highest BCUT2D eigenvalue weighted by molar-refractivity contribution is 9.10. The molecule has 154 valence electrons. The van der Waals surface area contributed by atoms with Crippen LogP contribution in [0.1, 0.15) is 12.0 Å². The van der Waals surface area contributed by atoms with Crippen LogP contribution in [0.4, 0.5) is 18.9 Å². The summed E-state index contributed by atoms with van der Waals surface area (Å²) < 4.78 is 71.8. The van der Waals surface area contributed by atoms with Gasteiger partial charge in [0.2, 0.25) is 5.88 Å². The maximum absolute atomic E-state index is 12.8. The van der Waals surface area contributed by atoms with Crippen LogP contribution in [0.25, 0.3) is 0 Å². The predicted octanol–water partition coefficient (Wildman–Crippen LogP) is 3.39. The number of rotatable bonds is 8. The van der Waals surface area contributed by atoms with Gasteiger partial charge in [0.25, 0.3) is 10.0 Å². The van der Waals surface area contributed by atoms with Crippen LogP contribution in [0.15, 0.2) is 40.1 Å². The molecule has 0 atom stereocenters. The van der Waals surface area contributed by atoms with Gasteiger partial charge in [0.15, 0.2) is 0 Å². The first-order chi connectivity index (χ1) is 13.0. The summed E-state index contributed by atoms with van der Waals surface area (Å²) in [5.41, 5.74) is -1.17. The number of nitrogens with one attached hydrogen (secondary N) is 1. The highest BCUT2D eigenvalue weighted by Gasteiger charge is 2.32. The molecular weight excluding hydrogens is 465 g/mol. The molecule has 2 heterocycles. The molecule has 2 aromatic heterocycles. The SMILES string of the molecule is CN(C)CCCOc1ncc(Br)cc1NS(=O)(=O)c1cncc(C(F)(F)F)c1. The first kappa shape index (κ1) is 22.4. The number of alkyl halides is 3. The summed E-state index contributed by atoms with van der Waals surface area (Å²) in [7, 11) is -0.534. The fourth-order valence-electron chi connectivity index (χ4n) is 2.09. The van der Waals surface area contributed by atoms with Crippen LogP contribution in [0, 0.1) is 0 Å². The summed E-state index contributed by atoms with van der Waals surface area (Å²) in [5, 5.41) is 0. The van der Waals surface area contributed by atoms with Crippen LogP contribution in [0.2, 0.25) is 0 Å². The monoisotopic (exact) mass is 482 g/mol. The Morgan fingerprint density at radius 2 is 1.93 bits per heavy atom. The molecule has 7 nitrogen and oxygen atoms in total. The lowest BCUT2D eigenvalue weighted by atomic mass is 10.3. The van der Waals surface area contributed by atoms with E-state index in [2.05, 4.69) is 30.6 Å². The number of sulfonamides is 1. The standard InChI is InChI=1S/C16H18BrF3N4O3S/c1-24(2)4-3-5-27-15-14(7-12(17)9-22-15)23-28(25,26)13-6-11(8-21-10-13)16(18,19)20/h6-10,23H,3-5H2,1-2H3. The number of ether oxygens (including phenoxy) is 1. The van der Waals surface area contributed by atoms with Crippen molar-refractivity contribution in [2.75, 3.05) is 32.0 Å². The summed E-state index contributed by atoms with van der Waals surface area (Å²) in [6.45, 7) is 1.04. The zero-order valence-corrected chi connectivity index (χ0v) is 17.4. The number of pyridine rings is 2. The average Bonchev–Trinajstić information content (AvgIpc) is 2.59. The van der Waals surface area contributed by atoms with E-state index in [4.69, 9.17) is 4.74 Å². The Kier molecular flexibility index (Phi) is 7.23. The number of aromatic nitrogens is 2. The smallest absolute Gasteiger partial charge is 0.417 e. The van der Waals surface area contributed by atoms with Crippen LogP contribution >= 0.6 is 15.9 Å². The molecule has 0 saturated heterocycles. The van der Waals surface area contributed by atoms with Crippen molar-refractivity contribution in [1.82, 2.24) is 14.9 Å². The molecule has 1 N–H and O–H groups in total. The van der Waals surface area contributed by atoms with Crippen LogP contribution in [0.5, 0.6) is 5.88 Å². The first-order valence-corrected chi connectivity index (χ1v) is 10.2. The van der Waals surface area contributed by atoms with Crippen molar-refractivity contribution in [1.29, 1.82) is 0 Å². The molecule has 0 unspecified atom stereocenters. The molecular formula is C16H18BrF3N4O3S. The van der Waals surface area contributed by atoms with Gasteiger partial charge in [-0.25, -0.2) is 13.4 Å². The summed E-state index contributed by atoms with van der Waals surface area (Å²) in [6, 6.07) is 1.92. The van der Waals surface area contributed by atoms with E-state index in [9.17, 15) is 21.6 Å². The lowest BCUT2D eigenvalue weighted by molar-refractivity contribution is -0.138. The van der Waals surface area contributed by atoms with E-state index < -0.39 is 26.7 Å². The second-order valence-corrected chi connectivity index (χ2v) is 8.62. The zero-order valence-electron chi connectivity index (χ0n) is 15.0. The number of nitrogens with zero attached hydrogens (tertiary/aromatic N) is 3. The lowest BCUT2D eigenvalue weighted by Crippen LogP contribution is -2.18. The van der Waals surface area contributed by atoms with E-state index >= 15 is 0 Å². The van der Waals surface area contributed by atoms with Crippen molar-refractivity contribution >= 4 is 31.6 Å². The van der Waals surface area contributed by atoms with Crippen molar-refractivity contribution < 1.29 is 26.3 Å². The van der Waals surface area contributed by atoms with Gasteiger partial charge in [-0.15, -0.1) is 0 Å². The van der Waals surface area contributed by atoms with Gasteiger partial charge in [0.1, 0.15) is 10.6 Å². The molecule has 0 spiro atoms. The second kappa shape index (κ2) is 9.05. The van der Waals surface area contributed by atoms with Gasteiger partial charge in [-0.3, -0.25) is 9.71 Å². The lowest BCUT2D eigenvalue weighted by Gasteiger charge is -2.14. The first-order valence-electron chi connectivity index (χ1n) is 7.97. The molecule has 2 rings (SSSR count). The third-order valence-electron chi connectivity index (χ3n) is 3.40. The summed E-state index contributed by atoms with van der Waals surface area (Å²) in [5.74, 6) is 0.0190. The highest BCUT2D eigenvalue weighted by atomic mass is 79.9. The van der Waals surface area contributed by atoms with E-state index in [0.717, 1.165) is 12.7 Å². The minimum Gasteiger partial charge on any atom is -0.476 e. The molecule has 0 fully saturated rings. The molecule has 12 heteroatoms. The van der Waals surface area contributed by atoms with Crippen molar-refractivity contribution in [3.8, 4) is 5.88 Å². The largest absolute Gasteiger partial charge is 0.476 e. The Labute approximate surface area is 169 Å². The second-order valence-electron chi connectivity index (χ2n) is 6.02. The Morgan fingerprint density at radius 1 is 1.21 bits per heavy atom. The van der Waals surface area contributed by atoms with Crippen LogP contribution in [0.3, 0.4) is 0 Å². The average molecular weight is 483 g/mol. The molecule has 28 heavy (non-hydrogen) atoms. The van der Waals surface area contributed by atoms with E-state index in [1.54, 1.807) is 0 Å². The third kappa shape index (κ3) is 6.31. The molecule has 0 aliphatic heterocycles. The number of hydrogen-bond acceptors (Lipinski definition) is 6. The number of hydrogen-bond donors (Lipinski definition) is 1. The van der Waals surface area contributed by atoms with E-state index in [0.29, 0.717) is 23.2 Å². The van der Waals surface area contributed by atoms with Crippen LogP contribution in [-0.2, 0) is 16.2 Å². The van der Waals surface area contributed by atoms with Gasteiger partial charge in [0, 0.05) is 29.6 Å². The van der Waals surface area contributed by atoms with Crippen molar-refractivity contribution in [3.05, 3.63) is 40.8 Å². The summed E-state index contributed by atoms with van der Waals surface area (Å²) in [4.78, 5) is 8.74. The van der Waals surface area contributed by atoms with E-state index in [1.165, 1.54) is 12.3 Å². The molecule has 2 aromatic rings. The number of halogens is 4. The van der Waals surface area contributed by atoms with E-state index in [1.807, 2.05) is 19.0 Å². The minimum absolute atomic E-state index is 0.00311. The van der Waals surface area contributed by atoms with Gasteiger partial charge in [-0.2, -0.15) is 13.2 Å². The van der Waals surface area contributed by atoms with Gasteiger partial charge in [-0.1, -0.05) is 0 Å². The molecule has 0 aromatic carbocycles. The maximum atomic E-state index is 12.8. The topological polar surface area (TPSA) is 84.4 Å². The summed E-state index contributed by atoms with van der Waals surface area (Å²) in [6.07, 6.45) is -1.23. The normalized spacial score (nSPS) is 12.2. The molecule has 0 amide bonds. The maximum Gasteiger partial charge on any atom is 0.417 e. The van der Waals surface area contributed by atoms with Gasteiger partial charge in [-0.05, 0) is 48.6 Å². The molecule has 0 radical (unpaired) electrons. The quantitative estimate of drug-likeness (QED) is 0.580. The fraction of sp³-hybridized carbons (Fsp3) is 0.375. The third-order valence-corrected chi connectivity index (χ3v) is 5.17. The van der Waals surface area contributed by atoms with Gasteiger partial charge < -0.3 is 9.64 Å². The summed E-state index contributed by atoms with van der Waals surface area (Å²) >= 11 is 3.18. The highest BCUT2D eigenvalue weighted by Crippen LogP contribution is 2.31. The minimum atomic E-state index is -4.71.